The molecule has 0 saturated carbocycles. The molecule has 0 aromatic heterocycles. The number of nitrogens with one attached hydrogen (secondary N) is 1. The van der Waals surface area contributed by atoms with Crippen molar-refractivity contribution < 1.29 is 4.79 Å². The SMILES string of the molecule is CNC(=O)c1cccc(N=C=S)c1. The first kappa shape index (κ1) is 9.58. The third-order valence-electron chi connectivity index (χ3n) is 1.51. The van der Waals surface area contributed by atoms with Crippen LogP contribution >= 0.6 is 12.2 Å². The molecule has 0 atom stereocenters. The van der Waals surface area contributed by atoms with Gasteiger partial charge in [0.2, 0.25) is 0 Å². The molecule has 1 aromatic carbocycles. The Kier molecular flexibility index (Phi) is 3.31. The summed E-state index contributed by atoms with van der Waals surface area (Å²) < 4.78 is 0. The fourth-order valence-corrected chi connectivity index (χ4v) is 1.02. The van der Waals surface area contributed by atoms with E-state index in [4.69, 9.17) is 0 Å². The number of carbonyl (C=O) groups is 1. The lowest BCUT2D eigenvalue weighted by Crippen LogP contribution is -2.17. The summed E-state index contributed by atoms with van der Waals surface area (Å²) in [6.45, 7) is 0. The van der Waals surface area contributed by atoms with Crippen molar-refractivity contribution in [2.45, 2.75) is 0 Å². The molecule has 0 fully saturated rings. The second kappa shape index (κ2) is 4.50. The molecule has 0 aliphatic carbocycles. The second-order valence-electron chi connectivity index (χ2n) is 2.33. The molecule has 66 valence electrons. The van der Waals surface area contributed by atoms with Crippen LogP contribution in [0.5, 0.6) is 0 Å². The summed E-state index contributed by atoms with van der Waals surface area (Å²) in [5, 5.41) is 4.77. The summed E-state index contributed by atoms with van der Waals surface area (Å²) in [7, 11) is 1.58. The van der Waals surface area contributed by atoms with Gasteiger partial charge in [-0.15, -0.1) is 0 Å². The summed E-state index contributed by atoms with van der Waals surface area (Å²) >= 11 is 4.45. The van der Waals surface area contributed by atoms with E-state index in [1.807, 2.05) is 0 Å². The second-order valence-corrected chi connectivity index (χ2v) is 2.52. The van der Waals surface area contributed by atoms with Crippen molar-refractivity contribution >= 4 is 29.0 Å². The molecular formula is C9H8N2OS. The van der Waals surface area contributed by atoms with E-state index in [0.717, 1.165) is 0 Å². The van der Waals surface area contributed by atoms with E-state index in [1.165, 1.54) is 0 Å². The van der Waals surface area contributed by atoms with Gasteiger partial charge in [-0.2, -0.15) is 4.99 Å². The number of hydrogen-bond acceptors (Lipinski definition) is 3. The Morgan fingerprint density at radius 2 is 2.38 bits per heavy atom. The van der Waals surface area contributed by atoms with Crippen LogP contribution in [0.1, 0.15) is 10.4 Å². The van der Waals surface area contributed by atoms with Gasteiger partial charge in [-0.3, -0.25) is 4.79 Å². The summed E-state index contributed by atoms with van der Waals surface area (Å²) in [4.78, 5) is 14.9. The van der Waals surface area contributed by atoms with Gasteiger partial charge in [0.05, 0.1) is 10.8 Å². The number of benzene rings is 1. The van der Waals surface area contributed by atoms with Gasteiger partial charge >= 0.3 is 0 Å². The largest absolute Gasteiger partial charge is 0.355 e. The molecule has 0 heterocycles. The van der Waals surface area contributed by atoms with Crippen molar-refractivity contribution in [1.82, 2.24) is 5.32 Å². The molecule has 0 aliphatic rings. The van der Waals surface area contributed by atoms with E-state index in [0.29, 0.717) is 11.3 Å². The number of hydrogen-bond donors (Lipinski definition) is 1. The number of isothiocyanates is 1. The predicted octanol–water partition coefficient (Wildman–Crippen LogP) is 1.78. The Labute approximate surface area is 81.5 Å². The Hall–Kier alpha value is -1.51. The van der Waals surface area contributed by atoms with Crippen molar-refractivity contribution in [3.63, 3.8) is 0 Å². The van der Waals surface area contributed by atoms with Gasteiger partial charge in [-0.05, 0) is 30.4 Å². The minimum Gasteiger partial charge on any atom is -0.355 e. The first-order valence-corrected chi connectivity index (χ1v) is 4.09. The molecule has 0 radical (unpaired) electrons. The van der Waals surface area contributed by atoms with Crippen LogP contribution in [-0.4, -0.2) is 18.1 Å². The molecule has 0 saturated heterocycles. The van der Waals surface area contributed by atoms with Gasteiger partial charge in [-0.25, -0.2) is 0 Å². The van der Waals surface area contributed by atoms with Crippen LogP contribution in [0.3, 0.4) is 0 Å². The average Bonchev–Trinajstić information content (AvgIpc) is 2.18. The van der Waals surface area contributed by atoms with Crippen LogP contribution in [0.15, 0.2) is 29.3 Å². The maximum atomic E-state index is 11.2. The highest BCUT2D eigenvalue weighted by molar-refractivity contribution is 7.78. The lowest BCUT2D eigenvalue weighted by molar-refractivity contribution is 0.0963. The third kappa shape index (κ3) is 2.47. The van der Waals surface area contributed by atoms with Crippen LogP contribution in [0.25, 0.3) is 0 Å². The number of amides is 1. The molecule has 1 amide bonds. The van der Waals surface area contributed by atoms with E-state index < -0.39 is 0 Å². The molecule has 13 heavy (non-hydrogen) atoms. The predicted molar refractivity (Wildman–Crippen MR) is 54.5 cm³/mol. The first-order valence-electron chi connectivity index (χ1n) is 3.68. The van der Waals surface area contributed by atoms with Gasteiger partial charge < -0.3 is 5.32 Å². The van der Waals surface area contributed by atoms with Crippen molar-refractivity contribution in [3.8, 4) is 0 Å². The molecule has 0 unspecified atom stereocenters. The summed E-state index contributed by atoms with van der Waals surface area (Å²) in [6.07, 6.45) is 0. The zero-order valence-electron chi connectivity index (χ0n) is 7.07. The Bertz CT molecular complexity index is 370. The van der Waals surface area contributed by atoms with E-state index >= 15 is 0 Å². The quantitative estimate of drug-likeness (QED) is 0.573. The number of thiocarbonyl (C=S) groups is 1. The maximum Gasteiger partial charge on any atom is 0.251 e. The lowest BCUT2D eigenvalue weighted by atomic mass is 10.2. The minimum absolute atomic E-state index is 0.138. The topological polar surface area (TPSA) is 41.5 Å². The van der Waals surface area contributed by atoms with Crippen LogP contribution < -0.4 is 5.32 Å². The van der Waals surface area contributed by atoms with Crippen molar-refractivity contribution in [2.24, 2.45) is 4.99 Å². The number of nitrogens with zero attached hydrogens (tertiary/aromatic N) is 1. The monoisotopic (exact) mass is 192 g/mol. The molecule has 4 heteroatoms. The fraction of sp³-hybridized carbons (Fsp3) is 0.111. The zero-order chi connectivity index (χ0) is 9.68. The minimum atomic E-state index is -0.138. The van der Waals surface area contributed by atoms with Crippen LogP contribution in [0.2, 0.25) is 0 Å². The van der Waals surface area contributed by atoms with Crippen LogP contribution in [-0.2, 0) is 0 Å². The van der Waals surface area contributed by atoms with E-state index in [9.17, 15) is 4.79 Å². The highest BCUT2D eigenvalue weighted by Gasteiger charge is 2.01. The van der Waals surface area contributed by atoms with Crippen molar-refractivity contribution in [2.75, 3.05) is 7.05 Å². The normalized spacial score (nSPS) is 8.69. The highest BCUT2D eigenvalue weighted by Crippen LogP contribution is 2.12. The molecule has 1 aromatic rings. The summed E-state index contributed by atoms with van der Waals surface area (Å²) in [6, 6.07) is 6.86. The van der Waals surface area contributed by atoms with Gasteiger partial charge in [0.15, 0.2) is 0 Å². The van der Waals surface area contributed by atoms with Gasteiger partial charge in [0, 0.05) is 12.6 Å². The maximum absolute atomic E-state index is 11.2. The number of carbonyl (C=O) groups excluding carboxylic acids is 1. The number of aliphatic imine (C=N–C) groups is 1. The highest BCUT2D eigenvalue weighted by atomic mass is 32.1. The average molecular weight is 192 g/mol. The van der Waals surface area contributed by atoms with Gasteiger partial charge in [0.25, 0.3) is 5.91 Å². The van der Waals surface area contributed by atoms with Crippen molar-refractivity contribution in [1.29, 1.82) is 0 Å². The molecule has 3 nitrogen and oxygen atoms in total. The van der Waals surface area contributed by atoms with E-state index in [-0.39, 0.29) is 5.91 Å². The van der Waals surface area contributed by atoms with Crippen LogP contribution in [0, 0.1) is 0 Å². The fourth-order valence-electron chi connectivity index (χ4n) is 0.914. The van der Waals surface area contributed by atoms with Gasteiger partial charge in [-0.1, -0.05) is 6.07 Å². The smallest absolute Gasteiger partial charge is 0.251 e. The molecule has 1 rings (SSSR count). The molecule has 0 spiro atoms. The number of rotatable bonds is 2. The lowest BCUT2D eigenvalue weighted by Gasteiger charge is -1.98. The first-order chi connectivity index (χ1) is 6.27. The van der Waals surface area contributed by atoms with Crippen LogP contribution in [0.4, 0.5) is 5.69 Å². The summed E-state index contributed by atoms with van der Waals surface area (Å²) in [5.74, 6) is -0.138. The van der Waals surface area contributed by atoms with E-state index in [2.05, 4.69) is 27.7 Å². The van der Waals surface area contributed by atoms with E-state index in [1.54, 1.807) is 31.3 Å². The Morgan fingerprint density at radius 1 is 1.62 bits per heavy atom. The zero-order valence-corrected chi connectivity index (χ0v) is 7.89. The molecule has 0 bridgehead atoms. The summed E-state index contributed by atoms with van der Waals surface area (Å²) in [5.41, 5.74) is 1.20. The molecule has 1 N–H and O–H groups in total. The van der Waals surface area contributed by atoms with Gasteiger partial charge in [0.1, 0.15) is 0 Å². The van der Waals surface area contributed by atoms with Crippen molar-refractivity contribution in [3.05, 3.63) is 29.8 Å². The molecular weight excluding hydrogens is 184 g/mol. The standard InChI is InChI=1S/C9H8N2OS/c1-10-9(12)7-3-2-4-8(5-7)11-6-13/h2-5H,1H3,(H,10,12). The third-order valence-corrected chi connectivity index (χ3v) is 1.60. The Morgan fingerprint density at radius 3 is 3.00 bits per heavy atom. The Balaban J connectivity index is 3.04. The molecule has 0 aliphatic heterocycles.